The molecule has 0 bridgehead atoms. The van der Waals surface area contributed by atoms with Crippen molar-refractivity contribution >= 4 is 11.8 Å². The summed E-state index contributed by atoms with van der Waals surface area (Å²) in [7, 11) is 0. The average molecular weight is 487 g/mol. The molecule has 1 saturated carbocycles. The summed E-state index contributed by atoms with van der Waals surface area (Å²) in [4.78, 5) is 29.2. The number of ether oxygens (including phenoxy) is 1. The number of hydrogen-bond acceptors (Lipinski definition) is 6. The first-order valence-electron chi connectivity index (χ1n) is 12.6. The van der Waals surface area contributed by atoms with Crippen molar-refractivity contribution in [2.45, 2.75) is 82.1 Å². The van der Waals surface area contributed by atoms with Gasteiger partial charge in [0.05, 0.1) is 0 Å². The van der Waals surface area contributed by atoms with Crippen molar-refractivity contribution in [3.8, 4) is 0 Å². The molecule has 0 radical (unpaired) electrons. The van der Waals surface area contributed by atoms with Gasteiger partial charge in [0.25, 0.3) is 0 Å². The van der Waals surface area contributed by atoms with Crippen LogP contribution in [0.4, 0.5) is 4.39 Å². The number of halogens is 1. The van der Waals surface area contributed by atoms with E-state index in [1.807, 2.05) is 0 Å². The number of rotatable bonds is 8. The highest BCUT2D eigenvalue weighted by Gasteiger charge is 2.38. The van der Waals surface area contributed by atoms with Crippen LogP contribution in [0.25, 0.3) is 0 Å². The summed E-state index contributed by atoms with van der Waals surface area (Å²) in [5.74, 6) is 0.401. The molecular weight excluding hydrogens is 451 g/mol. The predicted octanol–water partition coefficient (Wildman–Crippen LogP) is 3.69. The Morgan fingerprint density at radius 3 is 2.37 bits per heavy atom. The molecule has 9 heteroatoms. The van der Waals surface area contributed by atoms with Crippen LogP contribution < -0.4 is 10.6 Å². The van der Waals surface area contributed by atoms with Gasteiger partial charge in [0.2, 0.25) is 17.7 Å². The van der Waals surface area contributed by atoms with Gasteiger partial charge in [0.1, 0.15) is 11.4 Å². The lowest BCUT2D eigenvalue weighted by atomic mass is 9.74. The summed E-state index contributed by atoms with van der Waals surface area (Å²) in [5, 5.41) is 10.3. The lowest BCUT2D eigenvalue weighted by Crippen LogP contribution is -2.45. The van der Waals surface area contributed by atoms with E-state index in [4.69, 9.17) is 9.26 Å². The van der Waals surface area contributed by atoms with Gasteiger partial charge in [0, 0.05) is 44.9 Å². The molecule has 0 spiro atoms. The van der Waals surface area contributed by atoms with Crippen molar-refractivity contribution in [3.63, 3.8) is 0 Å². The number of aromatic nitrogens is 2. The van der Waals surface area contributed by atoms with E-state index in [9.17, 15) is 14.0 Å². The monoisotopic (exact) mass is 486 g/mol. The van der Waals surface area contributed by atoms with Gasteiger partial charge in [-0.05, 0) is 43.4 Å². The Labute approximate surface area is 205 Å². The van der Waals surface area contributed by atoms with Gasteiger partial charge < -0.3 is 19.9 Å². The molecule has 4 rings (SSSR count). The molecule has 8 nitrogen and oxygen atoms in total. The van der Waals surface area contributed by atoms with E-state index in [0.717, 1.165) is 56.9 Å². The fourth-order valence-corrected chi connectivity index (χ4v) is 5.33. The quantitative estimate of drug-likeness (QED) is 0.551. The Morgan fingerprint density at radius 2 is 1.71 bits per heavy atom. The number of nitrogens with one attached hydrogen (secondary N) is 2. The summed E-state index contributed by atoms with van der Waals surface area (Å²) in [6, 6.07) is 6.52. The second-order valence-electron chi connectivity index (χ2n) is 9.87. The van der Waals surface area contributed by atoms with Crippen molar-refractivity contribution in [1.29, 1.82) is 0 Å². The summed E-state index contributed by atoms with van der Waals surface area (Å²) in [6.45, 7) is 3.18. The maximum atomic E-state index is 13.4. The maximum Gasteiger partial charge on any atom is 0.227 e. The third-order valence-corrected chi connectivity index (χ3v) is 7.36. The lowest BCUT2D eigenvalue weighted by molar-refractivity contribution is -0.122. The number of hydrogen-bond donors (Lipinski definition) is 2. The molecule has 2 aliphatic rings. The normalized spacial score (nSPS) is 19.5. The van der Waals surface area contributed by atoms with Crippen LogP contribution in [0.15, 0.2) is 28.8 Å². The topological polar surface area (TPSA) is 106 Å². The molecule has 2 fully saturated rings. The minimum absolute atomic E-state index is 0.108. The first kappa shape index (κ1) is 25.3. The van der Waals surface area contributed by atoms with Crippen molar-refractivity contribution in [1.82, 2.24) is 20.8 Å². The molecule has 2 amide bonds. The van der Waals surface area contributed by atoms with Gasteiger partial charge in [-0.1, -0.05) is 43.0 Å². The number of aryl methyl sites for hydroxylation is 1. The molecule has 1 aromatic heterocycles. The highest BCUT2D eigenvalue weighted by atomic mass is 19.1. The van der Waals surface area contributed by atoms with Gasteiger partial charge in [-0.15, -0.1) is 0 Å². The number of carbonyl (C=O) groups is 2. The predicted molar refractivity (Wildman–Crippen MR) is 127 cm³/mol. The van der Waals surface area contributed by atoms with Crippen molar-refractivity contribution in [2.75, 3.05) is 19.8 Å². The highest BCUT2D eigenvalue weighted by Crippen LogP contribution is 2.35. The molecule has 35 heavy (non-hydrogen) atoms. The zero-order chi connectivity index (χ0) is 24.7. The van der Waals surface area contributed by atoms with Gasteiger partial charge in [0.15, 0.2) is 5.82 Å². The number of carbonyl (C=O) groups excluding carboxylic acids is 2. The Hall–Kier alpha value is -2.81. The Kier molecular flexibility index (Phi) is 8.15. The molecule has 190 valence electrons. The first-order chi connectivity index (χ1) is 16.9. The SMILES string of the molecule is CC(=O)NC1(c2noc(CCC(=O)NCC3(c4ccc(F)cc4)CCOCC3)n2)CCCCCC1. The molecule has 2 aromatic rings. The van der Waals surface area contributed by atoms with Crippen LogP contribution in [0.5, 0.6) is 0 Å². The fraction of sp³-hybridized carbons (Fsp3) is 0.615. The number of nitrogens with zero attached hydrogens (tertiary/aromatic N) is 2. The van der Waals surface area contributed by atoms with Crippen LogP contribution in [0.3, 0.4) is 0 Å². The Bertz CT molecular complexity index is 993. The standard InChI is InChI=1S/C26H35FN4O4/c1-19(32)30-26(12-4-2-3-5-13-26)24-29-23(35-31-24)11-10-22(33)28-18-25(14-16-34-17-15-25)20-6-8-21(27)9-7-20/h6-9H,2-5,10-18H2,1H3,(H,28,33)(H,30,32). The fourth-order valence-electron chi connectivity index (χ4n) is 5.33. The number of amides is 2. The Balaban J connectivity index is 1.36. The lowest BCUT2D eigenvalue weighted by Gasteiger charge is -2.38. The zero-order valence-corrected chi connectivity index (χ0v) is 20.4. The van der Waals surface area contributed by atoms with E-state index in [2.05, 4.69) is 20.8 Å². The van der Waals surface area contributed by atoms with E-state index in [1.54, 1.807) is 12.1 Å². The van der Waals surface area contributed by atoms with Crippen molar-refractivity contribution < 1.29 is 23.2 Å². The van der Waals surface area contributed by atoms with Crippen LogP contribution in [0, 0.1) is 5.82 Å². The number of benzene rings is 1. The van der Waals surface area contributed by atoms with Crippen molar-refractivity contribution in [3.05, 3.63) is 47.4 Å². The second-order valence-corrected chi connectivity index (χ2v) is 9.87. The molecule has 0 atom stereocenters. The maximum absolute atomic E-state index is 13.4. The molecule has 0 unspecified atom stereocenters. The minimum Gasteiger partial charge on any atom is -0.381 e. The van der Waals surface area contributed by atoms with Crippen LogP contribution in [0.1, 0.15) is 82.0 Å². The molecule has 1 saturated heterocycles. The van der Waals surface area contributed by atoms with Gasteiger partial charge in [-0.25, -0.2) is 4.39 Å². The minimum atomic E-state index is -0.600. The highest BCUT2D eigenvalue weighted by molar-refractivity contribution is 5.76. The first-order valence-corrected chi connectivity index (χ1v) is 12.6. The summed E-state index contributed by atoms with van der Waals surface area (Å²) < 4.78 is 24.4. The third-order valence-electron chi connectivity index (χ3n) is 7.36. The second kappa shape index (κ2) is 11.3. The summed E-state index contributed by atoms with van der Waals surface area (Å²) >= 11 is 0. The van der Waals surface area contributed by atoms with E-state index in [1.165, 1.54) is 19.1 Å². The summed E-state index contributed by atoms with van der Waals surface area (Å²) in [5.41, 5.74) is 0.135. The molecule has 1 aliphatic carbocycles. The van der Waals surface area contributed by atoms with E-state index >= 15 is 0 Å². The smallest absolute Gasteiger partial charge is 0.227 e. The van der Waals surface area contributed by atoms with E-state index < -0.39 is 5.54 Å². The zero-order valence-electron chi connectivity index (χ0n) is 20.4. The molecule has 2 N–H and O–H groups in total. The van der Waals surface area contributed by atoms with Crippen molar-refractivity contribution in [2.24, 2.45) is 0 Å². The van der Waals surface area contributed by atoms with E-state index in [0.29, 0.717) is 37.9 Å². The van der Waals surface area contributed by atoms with Gasteiger partial charge in [-0.2, -0.15) is 4.98 Å². The molecule has 2 heterocycles. The third kappa shape index (κ3) is 6.25. The van der Waals surface area contributed by atoms with Crippen LogP contribution >= 0.6 is 0 Å². The Morgan fingerprint density at radius 1 is 1.03 bits per heavy atom. The van der Waals surface area contributed by atoms with Crippen LogP contribution in [0.2, 0.25) is 0 Å². The van der Waals surface area contributed by atoms with Crippen LogP contribution in [-0.2, 0) is 31.7 Å². The largest absolute Gasteiger partial charge is 0.381 e. The van der Waals surface area contributed by atoms with Gasteiger partial charge in [-0.3, -0.25) is 9.59 Å². The van der Waals surface area contributed by atoms with E-state index in [-0.39, 0.29) is 29.5 Å². The molecule has 1 aromatic carbocycles. The molecular formula is C26H35FN4O4. The van der Waals surface area contributed by atoms with Gasteiger partial charge >= 0.3 is 0 Å². The summed E-state index contributed by atoms with van der Waals surface area (Å²) in [6.07, 6.45) is 7.85. The molecule has 1 aliphatic heterocycles. The average Bonchev–Trinajstić information content (AvgIpc) is 3.22. The van der Waals surface area contributed by atoms with Crippen LogP contribution in [-0.4, -0.2) is 41.7 Å².